The third-order valence-corrected chi connectivity index (χ3v) is 3.59. The van der Waals surface area contributed by atoms with Crippen LogP contribution in [0.5, 0.6) is 0 Å². The Kier molecular flexibility index (Phi) is 2.86. The minimum absolute atomic E-state index is 0.406. The van der Waals surface area contributed by atoms with E-state index >= 15 is 0 Å². The third kappa shape index (κ3) is 1.97. The summed E-state index contributed by atoms with van der Waals surface area (Å²) in [6.45, 7) is 4.47. The Morgan fingerprint density at radius 1 is 1.64 bits per heavy atom. The number of rotatable bonds is 2. The lowest BCUT2D eigenvalue weighted by molar-refractivity contribution is 0.404. The summed E-state index contributed by atoms with van der Waals surface area (Å²) in [5.41, 5.74) is 5.51. The summed E-state index contributed by atoms with van der Waals surface area (Å²) in [6.07, 6.45) is 3.87. The van der Waals surface area contributed by atoms with Gasteiger partial charge in [-0.2, -0.15) is 9.36 Å². The molecule has 14 heavy (non-hydrogen) atoms. The molecule has 1 aliphatic heterocycles. The highest BCUT2D eigenvalue weighted by Gasteiger charge is 2.20. The van der Waals surface area contributed by atoms with Crippen molar-refractivity contribution < 1.29 is 0 Å². The molecular weight excluding hydrogens is 196 g/mol. The fourth-order valence-corrected chi connectivity index (χ4v) is 2.56. The standard InChI is InChI=1S/C9H16N4S/c1-2-7-4-3-5-13(6-7)9-11-8(10)12-14-9/h7H,2-6H2,1H3,(H2,10,12). The van der Waals surface area contributed by atoms with E-state index in [2.05, 4.69) is 21.2 Å². The molecule has 2 rings (SSSR count). The molecule has 1 aromatic rings. The van der Waals surface area contributed by atoms with E-state index in [1.54, 1.807) is 0 Å². The van der Waals surface area contributed by atoms with Crippen molar-refractivity contribution in [2.24, 2.45) is 5.92 Å². The Bertz CT molecular complexity index is 299. The maximum Gasteiger partial charge on any atom is 0.233 e. The molecule has 1 aromatic heterocycles. The van der Waals surface area contributed by atoms with E-state index in [9.17, 15) is 0 Å². The lowest BCUT2D eigenvalue weighted by Gasteiger charge is -2.31. The summed E-state index contributed by atoms with van der Waals surface area (Å²) in [6, 6.07) is 0. The van der Waals surface area contributed by atoms with Crippen molar-refractivity contribution in [2.45, 2.75) is 26.2 Å². The van der Waals surface area contributed by atoms with Gasteiger partial charge in [-0.25, -0.2) is 0 Å². The normalized spacial score (nSPS) is 22.6. The van der Waals surface area contributed by atoms with Crippen LogP contribution < -0.4 is 10.6 Å². The highest BCUT2D eigenvalue weighted by atomic mass is 32.1. The highest BCUT2D eigenvalue weighted by Crippen LogP contribution is 2.26. The molecule has 0 bridgehead atoms. The number of nitrogens with zero attached hydrogens (tertiary/aromatic N) is 3. The number of aromatic nitrogens is 2. The molecular formula is C9H16N4S. The molecule has 78 valence electrons. The predicted octanol–water partition coefficient (Wildman–Crippen LogP) is 1.75. The molecule has 5 heteroatoms. The maximum absolute atomic E-state index is 5.51. The van der Waals surface area contributed by atoms with Gasteiger partial charge in [0.15, 0.2) is 0 Å². The highest BCUT2D eigenvalue weighted by molar-refractivity contribution is 7.09. The van der Waals surface area contributed by atoms with Crippen molar-refractivity contribution in [3.05, 3.63) is 0 Å². The molecule has 0 amide bonds. The van der Waals surface area contributed by atoms with E-state index in [0.717, 1.165) is 24.1 Å². The predicted molar refractivity (Wildman–Crippen MR) is 59.5 cm³/mol. The molecule has 4 nitrogen and oxygen atoms in total. The topological polar surface area (TPSA) is 55.0 Å². The number of piperidine rings is 1. The molecule has 1 atom stereocenters. The zero-order chi connectivity index (χ0) is 9.97. The molecule has 0 spiro atoms. The van der Waals surface area contributed by atoms with E-state index in [0.29, 0.717) is 5.95 Å². The minimum atomic E-state index is 0.406. The Hall–Kier alpha value is -0.840. The van der Waals surface area contributed by atoms with Gasteiger partial charge < -0.3 is 10.6 Å². The van der Waals surface area contributed by atoms with Crippen molar-refractivity contribution in [1.82, 2.24) is 9.36 Å². The van der Waals surface area contributed by atoms with Gasteiger partial charge >= 0.3 is 0 Å². The fourth-order valence-electron chi connectivity index (χ4n) is 1.93. The Morgan fingerprint density at radius 2 is 2.50 bits per heavy atom. The van der Waals surface area contributed by atoms with Crippen molar-refractivity contribution in [2.75, 3.05) is 23.7 Å². The number of nitrogen functional groups attached to an aromatic ring is 1. The number of anilines is 2. The molecule has 0 saturated carbocycles. The van der Waals surface area contributed by atoms with Gasteiger partial charge in [0, 0.05) is 24.6 Å². The molecule has 1 fully saturated rings. The van der Waals surface area contributed by atoms with Crippen molar-refractivity contribution in [1.29, 1.82) is 0 Å². The summed E-state index contributed by atoms with van der Waals surface area (Å²) in [7, 11) is 0. The fraction of sp³-hybridized carbons (Fsp3) is 0.778. The van der Waals surface area contributed by atoms with E-state index < -0.39 is 0 Å². The molecule has 2 N–H and O–H groups in total. The molecule has 2 heterocycles. The van der Waals surface area contributed by atoms with E-state index in [1.807, 2.05) is 0 Å². The Morgan fingerprint density at radius 3 is 3.14 bits per heavy atom. The quantitative estimate of drug-likeness (QED) is 0.811. The van der Waals surface area contributed by atoms with Crippen LogP contribution in [0, 0.1) is 5.92 Å². The van der Waals surface area contributed by atoms with Gasteiger partial charge in [0.05, 0.1) is 0 Å². The number of hydrogen-bond acceptors (Lipinski definition) is 5. The van der Waals surface area contributed by atoms with Crippen LogP contribution in [-0.4, -0.2) is 22.4 Å². The van der Waals surface area contributed by atoms with Crippen LogP contribution >= 0.6 is 11.5 Å². The van der Waals surface area contributed by atoms with E-state index in [1.165, 1.54) is 30.8 Å². The zero-order valence-corrected chi connectivity index (χ0v) is 9.26. The number of hydrogen-bond donors (Lipinski definition) is 1. The van der Waals surface area contributed by atoms with E-state index in [4.69, 9.17) is 5.73 Å². The van der Waals surface area contributed by atoms with Crippen molar-refractivity contribution in [3.63, 3.8) is 0 Å². The molecule has 1 aliphatic rings. The second kappa shape index (κ2) is 4.13. The largest absolute Gasteiger partial charge is 0.367 e. The summed E-state index contributed by atoms with van der Waals surface area (Å²) < 4.78 is 4.01. The van der Waals surface area contributed by atoms with Crippen LogP contribution in [0.2, 0.25) is 0 Å². The summed E-state index contributed by atoms with van der Waals surface area (Å²) in [5, 5.41) is 0.987. The molecule has 0 aromatic carbocycles. The van der Waals surface area contributed by atoms with Crippen LogP contribution in [0.3, 0.4) is 0 Å². The second-order valence-electron chi connectivity index (χ2n) is 3.80. The lowest BCUT2D eigenvalue weighted by Crippen LogP contribution is -2.35. The number of nitrogens with two attached hydrogens (primary N) is 1. The van der Waals surface area contributed by atoms with E-state index in [-0.39, 0.29) is 0 Å². The molecule has 0 radical (unpaired) electrons. The van der Waals surface area contributed by atoms with Gasteiger partial charge in [-0.15, -0.1) is 0 Å². The Labute approximate surface area is 88.3 Å². The first-order valence-electron chi connectivity index (χ1n) is 5.13. The van der Waals surface area contributed by atoms with Crippen LogP contribution in [0.1, 0.15) is 26.2 Å². The lowest BCUT2D eigenvalue weighted by atomic mass is 9.96. The van der Waals surface area contributed by atoms with Gasteiger partial charge in [0.25, 0.3) is 0 Å². The summed E-state index contributed by atoms with van der Waals surface area (Å²) in [5.74, 6) is 1.22. The van der Waals surface area contributed by atoms with Crippen molar-refractivity contribution in [3.8, 4) is 0 Å². The molecule has 1 unspecified atom stereocenters. The smallest absolute Gasteiger partial charge is 0.233 e. The first-order valence-corrected chi connectivity index (χ1v) is 5.91. The summed E-state index contributed by atoms with van der Waals surface area (Å²) in [4.78, 5) is 6.53. The van der Waals surface area contributed by atoms with Crippen molar-refractivity contribution >= 4 is 22.6 Å². The van der Waals surface area contributed by atoms with Crippen LogP contribution in [-0.2, 0) is 0 Å². The van der Waals surface area contributed by atoms with Gasteiger partial charge in [-0.3, -0.25) is 0 Å². The van der Waals surface area contributed by atoms with Crippen LogP contribution in [0.25, 0.3) is 0 Å². The zero-order valence-electron chi connectivity index (χ0n) is 8.44. The van der Waals surface area contributed by atoms with Gasteiger partial charge in [-0.05, 0) is 18.8 Å². The average molecular weight is 212 g/mol. The maximum atomic E-state index is 5.51. The third-order valence-electron chi connectivity index (χ3n) is 2.80. The monoisotopic (exact) mass is 212 g/mol. The molecule has 0 aliphatic carbocycles. The van der Waals surface area contributed by atoms with Crippen LogP contribution in [0.4, 0.5) is 11.1 Å². The first kappa shape index (κ1) is 9.71. The first-order chi connectivity index (χ1) is 6.79. The summed E-state index contributed by atoms with van der Waals surface area (Å²) >= 11 is 1.41. The average Bonchev–Trinajstić information content (AvgIpc) is 2.65. The van der Waals surface area contributed by atoms with Gasteiger partial charge in [-0.1, -0.05) is 13.3 Å². The minimum Gasteiger partial charge on any atom is -0.367 e. The SMILES string of the molecule is CCC1CCCN(c2nc(N)ns2)C1. The van der Waals surface area contributed by atoms with Crippen LogP contribution in [0.15, 0.2) is 0 Å². The molecule has 1 saturated heterocycles. The second-order valence-corrected chi connectivity index (χ2v) is 4.53. The van der Waals surface area contributed by atoms with Gasteiger partial charge in [0.1, 0.15) is 0 Å². The van der Waals surface area contributed by atoms with Gasteiger partial charge in [0.2, 0.25) is 11.1 Å². The Balaban J connectivity index is 2.04.